The van der Waals surface area contributed by atoms with Crippen LogP contribution in [0.15, 0.2) is 97.1 Å². The topological polar surface area (TPSA) is 39.8 Å². The fourth-order valence-electron chi connectivity index (χ4n) is 6.01. The molecule has 2 unspecified atom stereocenters. The number of halogens is 1. The van der Waals surface area contributed by atoms with Gasteiger partial charge in [-0.3, -0.25) is 0 Å². The van der Waals surface area contributed by atoms with E-state index in [1.54, 1.807) is 0 Å². The van der Waals surface area contributed by atoms with Crippen molar-refractivity contribution in [2.45, 2.75) is 39.1 Å². The van der Waals surface area contributed by atoms with E-state index in [1.807, 2.05) is 0 Å². The molecule has 2 saturated heterocycles. The van der Waals surface area contributed by atoms with Gasteiger partial charge in [-0.05, 0) is 71.5 Å². The van der Waals surface area contributed by atoms with Gasteiger partial charge in [-0.1, -0.05) is 72.8 Å². The lowest BCUT2D eigenvalue weighted by Crippen LogP contribution is -2.49. The van der Waals surface area contributed by atoms with Gasteiger partial charge in [0.05, 0.1) is 13.2 Å². The Bertz CT molecular complexity index is 1280. The second kappa shape index (κ2) is 14.2. The predicted octanol–water partition coefficient (Wildman–Crippen LogP) is 6.76. The van der Waals surface area contributed by atoms with Gasteiger partial charge in [0.1, 0.15) is 0 Å². The molecule has 0 bridgehead atoms. The molecule has 6 rings (SSSR count). The highest BCUT2D eigenvalue weighted by Crippen LogP contribution is 2.27. The van der Waals surface area contributed by atoms with Crippen molar-refractivity contribution in [3.8, 4) is 22.3 Å². The molecule has 42 heavy (non-hydrogen) atoms. The summed E-state index contributed by atoms with van der Waals surface area (Å²) in [6, 6.07) is 36.5. The van der Waals surface area contributed by atoms with Crippen molar-refractivity contribution in [1.29, 1.82) is 0 Å². The average molecular weight is 583 g/mol. The van der Waals surface area contributed by atoms with Gasteiger partial charge in [-0.15, -0.1) is 12.4 Å². The lowest BCUT2D eigenvalue weighted by Gasteiger charge is -2.36. The molecule has 0 radical (unpaired) electrons. The molecule has 0 amide bonds. The Morgan fingerprint density at radius 1 is 0.548 bits per heavy atom. The molecular formula is C36H43ClN4O. The van der Waals surface area contributed by atoms with Crippen molar-refractivity contribution in [3.63, 3.8) is 0 Å². The summed E-state index contributed by atoms with van der Waals surface area (Å²) in [7, 11) is 0. The van der Waals surface area contributed by atoms with Crippen LogP contribution in [0.1, 0.15) is 25.0 Å². The molecule has 0 aromatic heterocycles. The van der Waals surface area contributed by atoms with Crippen LogP contribution in [0.2, 0.25) is 0 Å². The first-order chi connectivity index (χ1) is 20.1. The van der Waals surface area contributed by atoms with E-state index in [9.17, 15) is 0 Å². The third kappa shape index (κ3) is 7.16. The fourth-order valence-corrected chi connectivity index (χ4v) is 6.01. The number of nitrogens with zero attached hydrogens (tertiary/aromatic N) is 2. The summed E-state index contributed by atoms with van der Waals surface area (Å²) in [5.74, 6) is 0. The largest absolute Gasteiger partial charge is 0.372 e. The first-order valence-electron chi connectivity index (χ1n) is 15.1. The third-order valence-corrected chi connectivity index (χ3v) is 8.51. The molecule has 2 heterocycles. The van der Waals surface area contributed by atoms with E-state index >= 15 is 0 Å². The summed E-state index contributed by atoms with van der Waals surface area (Å²) in [4.78, 5) is 4.97. The van der Waals surface area contributed by atoms with Crippen LogP contribution in [0.3, 0.4) is 0 Å². The monoisotopic (exact) mass is 582 g/mol. The molecule has 4 aromatic carbocycles. The lowest BCUT2D eigenvalue weighted by atomic mass is 10.0. The van der Waals surface area contributed by atoms with Gasteiger partial charge in [-0.25, -0.2) is 0 Å². The zero-order valence-corrected chi connectivity index (χ0v) is 25.6. The van der Waals surface area contributed by atoms with Crippen molar-refractivity contribution >= 4 is 23.8 Å². The Balaban J connectivity index is 0.00000353. The SMILES string of the molecule is CC1CNCCN1c1ccc(-c2ccc(COCc3ccc(-c4ccc(N5CCNCC5C)cc4)cc3)cc2)cc1.Cl. The summed E-state index contributed by atoms with van der Waals surface area (Å²) in [6.45, 7) is 12.1. The fraction of sp³-hybridized carbons (Fsp3) is 0.333. The van der Waals surface area contributed by atoms with E-state index in [0.29, 0.717) is 25.3 Å². The van der Waals surface area contributed by atoms with Gasteiger partial charge in [0.2, 0.25) is 0 Å². The smallest absolute Gasteiger partial charge is 0.0721 e. The molecule has 220 valence electrons. The Morgan fingerprint density at radius 2 is 0.881 bits per heavy atom. The van der Waals surface area contributed by atoms with Crippen LogP contribution in [0.5, 0.6) is 0 Å². The van der Waals surface area contributed by atoms with Gasteiger partial charge < -0.3 is 25.2 Å². The van der Waals surface area contributed by atoms with Gasteiger partial charge in [0, 0.05) is 62.7 Å². The molecule has 0 aliphatic carbocycles. The molecule has 2 atom stereocenters. The minimum atomic E-state index is 0. The van der Waals surface area contributed by atoms with Crippen LogP contribution in [0, 0.1) is 0 Å². The van der Waals surface area contributed by atoms with Crippen molar-refractivity contribution in [2.24, 2.45) is 0 Å². The number of ether oxygens (including phenoxy) is 1. The number of hydrogen-bond donors (Lipinski definition) is 2. The van der Waals surface area contributed by atoms with Crippen LogP contribution in [-0.4, -0.2) is 51.4 Å². The molecule has 0 saturated carbocycles. The second-order valence-electron chi connectivity index (χ2n) is 11.5. The maximum Gasteiger partial charge on any atom is 0.0721 e. The maximum atomic E-state index is 6.06. The number of hydrogen-bond acceptors (Lipinski definition) is 5. The minimum absolute atomic E-state index is 0. The van der Waals surface area contributed by atoms with Gasteiger partial charge in [0.25, 0.3) is 0 Å². The van der Waals surface area contributed by atoms with Crippen LogP contribution in [0.25, 0.3) is 22.3 Å². The highest BCUT2D eigenvalue weighted by atomic mass is 35.5. The van der Waals surface area contributed by atoms with Crippen molar-refractivity contribution in [3.05, 3.63) is 108 Å². The highest BCUT2D eigenvalue weighted by molar-refractivity contribution is 5.85. The number of benzene rings is 4. The van der Waals surface area contributed by atoms with Crippen LogP contribution < -0.4 is 20.4 Å². The molecule has 6 heteroatoms. The van der Waals surface area contributed by atoms with E-state index in [1.165, 1.54) is 44.8 Å². The summed E-state index contributed by atoms with van der Waals surface area (Å²) in [5.41, 5.74) is 9.96. The summed E-state index contributed by atoms with van der Waals surface area (Å²) in [5, 5.41) is 6.93. The first-order valence-corrected chi connectivity index (χ1v) is 15.1. The van der Waals surface area contributed by atoms with E-state index in [-0.39, 0.29) is 12.4 Å². The van der Waals surface area contributed by atoms with Crippen molar-refractivity contribution < 1.29 is 4.74 Å². The van der Waals surface area contributed by atoms with Crippen LogP contribution in [-0.2, 0) is 18.0 Å². The molecule has 2 fully saturated rings. The molecule has 2 aliphatic heterocycles. The number of nitrogens with one attached hydrogen (secondary N) is 2. The third-order valence-electron chi connectivity index (χ3n) is 8.51. The van der Waals surface area contributed by atoms with E-state index in [4.69, 9.17) is 4.74 Å². The number of anilines is 2. The zero-order chi connectivity index (χ0) is 28.0. The van der Waals surface area contributed by atoms with Crippen LogP contribution >= 0.6 is 12.4 Å². The lowest BCUT2D eigenvalue weighted by molar-refractivity contribution is 0.107. The maximum absolute atomic E-state index is 6.06. The Hall–Kier alpha value is -3.35. The standard InChI is InChI=1S/C36H42N4O.ClH/c1-27-23-37-19-21-39(27)35-15-11-33(12-16-35)31-7-3-29(4-8-31)25-41-26-30-5-9-32(10-6-30)34-13-17-36(18-14-34)40-22-20-38-24-28(40)2;/h3-18,27-28,37-38H,19-26H2,1-2H3;1H. The molecule has 2 N–H and O–H groups in total. The second-order valence-corrected chi connectivity index (χ2v) is 11.5. The number of piperazine rings is 2. The van der Waals surface area contributed by atoms with E-state index in [0.717, 1.165) is 39.3 Å². The Morgan fingerprint density at radius 3 is 1.21 bits per heavy atom. The van der Waals surface area contributed by atoms with Crippen LogP contribution in [0.4, 0.5) is 11.4 Å². The van der Waals surface area contributed by atoms with Gasteiger partial charge in [0.15, 0.2) is 0 Å². The first kappa shape index (κ1) is 30.1. The quantitative estimate of drug-likeness (QED) is 0.240. The van der Waals surface area contributed by atoms with Crippen molar-refractivity contribution in [2.75, 3.05) is 49.1 Å². The summed E-state index contributed by atoms with van der Waals surface area (Å²) < 4.78 is 6.06. The van der Waals surface area contributed by atoms with Gasteiger partial charge >= 0.3 is 0 Å². The molecule has 2 aliphatic rings. The predicted molar refractivity (Wildman–Crippen MR) is 179 cm³/mol. The molecule has 4 aromatic rings. The van der Waals surface area contributed by atoms with Gasteiger partial charge in [-0.2, -0.15) is 0 Å². The normalized spacial score (nSPS) is 18.9. The summed E-state index contributed by atoms with van der Waals surface area (Å²) in [6.07, 6.45) is 0. The number of rotatable bonds is 8. The molecule has 0 spiro atoms. The summed E-state index contributed by atoms with van der Waals surface area (Å²) >= 11 is 0. The molecular weight excluding hydrogens is 540 g/mol. The Labute approximate surface area is 257 Å². The van der Waals surface area contributed by atoms with E-state index < -0.39 is 0 Å². The molecule has 5 nitrogen and oxygen atoms in total. The zero-order valence-electron chi connectivity index (χ0n) is 24.8. The minimum Gasteiger partial charge on any atom is -0.372 e. The Kier molecular flexibility index (Phi) is 10.2. The van der Waals surface area contributed by atoms with E-state index in [2.05, 4.69) is 131 Å². The highest BCUT2D eigenvalue weighted by Gasteiger charge is 2.19. The van der Waals surface area contributed by atoms with Crippen molar-refractivity contribution in [1.82, 2.24) is 10.6 Å². The average Bonchev–Trinajstić information content (AvgIpc) is 3.03.